The van der Waals surface area contributed by atoms with Crippen molar-refractivity contribution in [2.75, 3.05) is 0 Å². The summed E-state index contributed by atoms with van der Waals surface area (Å²) >= 11 is 12.0. The summed E-state index contributed by atoms with van der Waals surface area (Å²) in [5.74, 6) is 0.551. The zero-order chi connectivity index (χ0) is 18.8. The second-order valence-corrected chi connectivity index (χ2v) is 6.88. The maximum Gasteiger partial charge on any atom is 0.235 e. The predicted molar refractivity (Wildman–Crippen MR) is 109 cm³/mol. The van der Waals surface area contributed by atoms with Gasteiger partial charge in [0, 0.05) is 15.6 Å². The van der Waals surface area contributed by atoms with Crippen LogP contribution in [0.25, 0.3) is 22.3 Å². The van der Waals surface area contributed by atoms with Crippen LogP contribution < -0.4 is 10.2 Å². The number of hydrogen-bond donors (Lipinski definition) is 0. The third-order valence-corrected chi connectivity index (χ3v) is 4.63. The molecule has 0 bridgehead atoms. The number of rotatable bonds is 4. The second-order valence-electron chi connectivity index (χ2n) is 6.01. The Bertz CT molecular complexity index is 1150. The Morgan fingerprint density at radius 3 is 2.30 bits per heavy atom. The topological polar surface area (TPSA) is 39.4 Å². The molecule has 0 spiro atoms. The number of hydrogen-bond acceptors (Lipinski definition) is 3. The fourth-order valence-corrected chi connectivity index (χ4v) is 3.10. The normalized spacial score (nSPS) is 10.9. The Morgan fingerprint density at radius 2 is 1.56 bits per heavy atom. The predicted octanol–water partition coefficient (Wildman–Crippen LogP) is 6.35. The van der Waals surface area contributed by atoms with Crippen molar-refractivity contribution in [3.8, 4) is 17.1 Å². The minimum absolute atomic E-state index is 0.158. The van der Waals surface area contributed by atoms with Gasteiger partial charge in [0.25, 0.3) is 0 Å². The van der Waals surface area contributed by atoms with Crippen molar-refractivity contribution in [1.82, 2.24) is 0 Å². The highest BCUT2D eigenvalue weighted by atomic mass is 35.5. The molecule has 0 fully saturated rings. The Kier molecular flexibility index (Phi) is 4.88. The highest BCUT2D eigenvalue weighted by Crippen LogP contribution is 2.32. The monoisotopic (exact) mass is 396 g/mol. The summed E-state index contributed by atoms with van der Waals surface area (Å²) < 4.78 is 11.9. The molecule has 3 aromatic carbocycles. The number of halogens is 2. The first-order valence-electron chi connectivity index (χ1n) is 8.31. The third kappa shape index (κ3) is 3.70. The molecule has 4 rings (SSSR count). The molecule has 0 atom stereocenters. The van der Waals surface area contributed by atoms with Crippen LogP contribution >= 0.6 is 23.2 Å². The van der Waals surface area contributed by atoms with E-state index in [9.17, 15) is 4.79 Å². The van der Waals surface area contributed by atoms with E-state index < -0.39 is 0 Å². The first-order valence-corrected chi connectivity index (χ1v) is 9.06. The van der Waals surface area contributed by atoms with Gasteiger partial charge in [0.15, 0.2) is 5.76 Å². The van der Waals surface area contributed by atoms with Crippen molar-refractivity contribution in [2.24, 2.45) is 0 Å². The Balaban J connectivity index is 1.84. The number of fused-ring (bicyclic) bond motifs is 1. The lowest BCUT2D eigenvalue weighted by Crippen LogP contribution is -2.10. The average Bonchev–Trinajstić information content (AvgIpc) is 2.69. The summed E-state index contributed by atoms with van der Waals surface area (Å²) in [4.78, 5) is 13.1. The molecule has 0 saturated heterocycles. The van der Waals surface area contributed by atoms with E-state index in [1.165, 1.54) is 0 Å². The van der Waals surface area contributed by atoms with Crippen LogP contribution in [-0.4, -0.2) is 0 Å². The Labute approximate surface area is 165 Å². The molecule has 0 unspecified atom stereocenters. The number of benzene rings is 3. The summed E-state index contributed by atoms with van der Waals surface area (Å²) in [5.41, 5.74) is 1.86. The maximum atomic E-state index is 13.1. The zero-order valence-electron chi connectivity index (χ0n) is 14.1. The van der Waals surface area contributed by atoms with Gasteiger partial charge >= 0.3 is 0 Å². The molecule has 0 aliphatic heterocycles. The molecule has 0 aliphatic rings. The van der Waals surface area contributed by atoms with E-state index in [-0.39, 0.29) is 17.8 Å². The van der Waals surface area contributed by atoms with E-state index >= 15 is 0 Å². The van der Waals surface area contributed by atoms with Crippen molar-refractivity contribution >= 4 is 34.2 Å². The summed E-state index contributed by atoms with van der Waals surface area (Å²) in [6, 6.07) is 21.6. The molecule has 134 valence electrons. The van der Waals surface area contributed by atoms with Crippen LogP contribution in [0.4, 0.5) is 0 Å². The van der Waals surface area contributed by atoms with Crippen LogP contribution in [0, 0.1) is 0 Å². The van der Waals surface area contributed by atoms with Gasteiger partial charge in [-0.1, -0.05) is 65.7 Å². The van der Waals surface area contributed by atoms with Gasteiger partial charge in [0.2, 0.25) is 11.2 Å². The van der Waals surface area contributed by atoms with Crippen LogP contribution in [0.5, 0.6) is 5.75 Å². The lowest BCUT2D eigenvalue weighted by Gasteiger charge is -2.12. The smallest absolute Gasteiger partial charge is 0.235 e. The summed E-state index contributed by atoms with van der Waals surface area (Å²) in [6.07, 6.45) is 0. The molecule has 3 nitrogen and oxygen atoms in total. The minimum atomic E-state index is -0.258. The molecule has 0 amide bonds. The largest absolute Gasteiger partial charge is 0.481 e. The summed E-state index contributed by atoms with van der Waals surface area (Å²) in [7, 11) is 0. The highest BCUT2D eigenvalue weighted by molar-refractivity contribution is 6.31. The zero-order valence-corrected chi connectivity index (χ0v) is 15.6. The molecule has 27 heavy (non-hydrogen) atoms. The van der Waals surface area contributed by atoms with Gasteiger partial charge in [-0.3, -0.25) is 4.79 Å². The SMILES string of the molecule is O=c1c(OCc2ccc(Cl)cc2)c(-c2ccccc2)oc2ccc(Cl)cc12. The van der Waals surface area contributed by atoms with Crippen LogP contribution in [0.3, 0.4) is 0 Å². The molecule has 1 aromatic heterocycles. The van der Waals surface area contributed by atoms with Gasteiger partial charge in [0.1, 0.15) is 12.2 Å². The van der Waals surface area contributed by atoms with Crippen molar-refractivity contribution < 1.29 is 9.15 Å². The first kappa shape index (κ1) is 17.7. The molecule has 4 aromatic rings. The van der Waals surface area contributed by atoms with E-state index in [2.05, 4.69) is 0 Å². The quantitative estimate of drug-likeness (QED) is 0.403. The van der Waals surface area contributed by atoms with E-state index in [1.807, 2.05) is 42.5 Å². The van der Waals surface area contributed by atoms with Crippen LogP contribution in [-0.2, 0) is 6.61 Å². The first-order chi connectivity index (χ1) is 13.1. The van der Waals surface area contributed by atoms with E-state index in [0.717, 1.165) is 11.1 Å². The standard InChI is InChI=1S/C22H14Cl2O3/c23-16-8-6-14(7-9-16)13-26-22-20(25)18-12-17(24)10-11-19(18)27-21(22)15-4-2-1-3-5-15/h1-12H,13H2. The van der Waals surface area contributed by atoms with Crippen molar-refractivity contribution in [2.45, 2.75) is 6.61 Å². The summed E-state index contributed by atoms with van der Waals surface area (Å²) in [6.45, 7) is 0.216. The fourth-order valence-electron chi connectivity index (χ4n) is 2.80. The van der Waals surface area contributed by atoms with Crippen molar-refractivity contribution in [3.05, 3.63) is 98.6 Å². The van der Waals surface area contributed by atoms with E-state index in [4.69, 9.17) is 32.4 Å². The molecular weight excluding hydrogens is 383 g/mol. The summed E-state index contributed by atoms with van der Waals surface area (Å²) in [5, 5.41) is 1.49. The van der Waals surface area contributed by atoms with Gasteiger partial charge in [0.05, 0.1) is 5.39 Å². The van der Waals surface area contributed by atoms with Gasteiger partial charge in [-0.25, -0.2) is 0 Å². The Morgan fingerprint density at radius 1 is 0.852 bits per heavy atom. The average molecular weight is 397 g/mol. The van der Waals surface area contributed by atoms with Crippen LogP contribution in [0.2, 0.25) is 10.0 Å². The molecule has 5 heteroatoms. The lowest BCUT2D eigenvalue weighted by molar-refractivity contribution is 0.298. The van der Waals surface area contributed by atoms with E-state index in [0.29, 0.717) is 26.8 Å². The maximum absolute atomic E-state index is 13.1. The highest BCUT2D eigenvalue weighted by Gasteiger charge is 2.18. The molecule has 0 aliphatic carbocycles. The molecule has 1 heterocycles. The third-order valence-electron chi connectivity index (χ3n) is 4.14. The van der Waals surface area contributed by atoms with E-state index in [1.54, 1.807) is 30.3 Å². The molecular formula is C22H14Cl2O3. The van der Waals surface area contributed by atoms with Crippen LogP contribution in [0.15, 0.2) is 82.0 Å². The van der Waals surface area contributed by atoms with Gasteiger partial charge in [-0.2, -0.15) is 0 Å². The van der Waals surface area contributed by atoms with Gasteiger partial charge in [-0.15, -0.1) is 0 Å². The molecule has 0 saturated carbocycles. The molecule has 0 N–H and O–H groups in total. The Hall–Kier alpha value is -2.75. The lowest BCUT2D eigenvalue weighted by atomic mass is 10.1. The van der Waals surface area contributed by atoms with Crippen molar-refractivity contribution in [1.29, 1.82) is 0 Å². The second kappa shape index (κ2) is 7.47. The number of ether oxygens (including phenoxy) is 1. The molecule has 0 radical (unpaired) electrons. The van der Waals surface area contributed by atoms with Crippen LogP contribution in [0.1, 0.15) is 5.56 Å². The fraction of sp³-hybridized carbons (Fsp3) is 0.0455. The minimum Gasteiger partial charge on any atom is -0.481 e. The van der Waals surface area contributed by atoms with Gasteiger partial charge in [-0.05, 0) is 35.9 Å². The van der Waals surface area contributed by atoms with Crippen molar-refractivity contribution in [3.63, 3.8) is 0 Å². The van der Waals surface area contributed by atoms with Gasteiger partial charge < -0.3 is 9.15 Å².